The largest absolute Gasteiger partial charge is 0.408 e. The van der Waals surface area contributed by atoms with Crippen LogP contribution in [0.4, 0.5) is 6.01 Å². The number of anilines is 1. The summed E-state index contributed by atoms with van der Waals surface area (Å²) in [5, 5.41) is 13.8. The van der Waals surface area contributed by atoms with E-state index in [0.717, 1.165) is 16.5 Å². The highest BCUT2D eigenvalue weighted by Gasteiger charge is 2.04. The van der Waals surface area contributed by atoms with Gasteiger partial charge in [0.05, 0.1) is 12.2 Å². The van der Waals surface area contributed by atoms with Crippen LogP contribution >= 0.6 is 23.1 Å². The highest BCUT2D eigenvalue weighted by molar-refractivity contribution is 7.97. The number of hydrogen-bond donors (Lipinski definition) is 1. The summed E-state index contributed by atoms with van der Waals surface area (Å²) in [5.41, 5.74) is 1.00. The molecule has 5 nitrogen and oxygen atoms in total. The number of nitrogens with zero attached hydrogens (tertiary/aromatic N) is 3. The number of thiazole rings is 1. The van der Waals surface area contributed by atoms with E-state index in [2.05, 4.69) is 26.8 Å². The zero-order chi connectivity index (χ0) is 11.4. The quantitative estimate of drug-likeness (QED) is 0.885. The molecular formula is C9H12N4OS2. The summed E-state index contributed by atoms with van der Waals surface area (Å²) in [4.78, 5) is 4.47. The van der Waals surface area contributed by atoms with Crippen molar-refractivity contribution in [1.29, 1.82) is 0 Å². The highest BCUT2D eigenvalue weighted by atomic mass is 32.2. The molecule has 0 spiro atoms. The number of hydrogen-bond acceptors (Lipinski definition) is 7. The van der Waals surface area contributed by atoms with E-state index in [0.29, 0.717) is 18.5 Å². The van der Waals surface area contributed by atoms with Crippen LogP contribution in [0.25, 0.3) is 0 Å². The minimum Gasteiger partial charge on any atom is -0.408 e. The minimum atomic E-state index is 0.442. The van der Waals surface area contributed by atoms with E-state index in [1.165, 1.54) is 0 Å². The van der Waals surface area contributed by atoms with Crippen molar-refractivity contribution in [3.05, 3.63) is 22.0 Å². The lowest BCUT2D eigenvalue weighted by molar-refractivity contribution is 0.530. The molecule has 0 saturated heterocycles. The zero-order valence-corrected chi connectivity index (χ0v) is 10.7. The van der Waals surface area contributed by atoms with Crippen LogP contribution < -0.4 is 5.32 Å². The van der Waals surface area contributed by atoms with Crippen LogP contribution in [0.1, 0.15) is 16.6 Å². The molecule has 0 amide bonds. The molecule has 2 aromatic rings. The molecule has 0 radical (unpaired) electrons. The molecule has 0 atom stereocenters. The second kappa shape index (κ2) is 5.31. The monoisotopic (exact) mass is 256 g/mol. The van der Waals surface area contributed by atoms with Gasteiger partial charge in [0.15, 0.2) is 0 Å². The average molecular weight is 256 g/mol. The van der Waals surface area contributed by atoms with E-state index in [-0.39, 0.29) is 0 Å². The highest BCUT2D eigenvalue weighted by Crippen LogP contribution is 2.15. The molecule has 2 rings (SSSR count). The fraction of sp³-hybridized carbons (Fsp3) is 0.444. The molecule has 0 saturated carbocycles. The summed E-state index contributed by atoms with van der Waals surface area (Å²) in [6, 6.07) is 0.442. The SMILES string of the molecule is CSCc1nc(CNc2nnc(C)o2)cs1. The van der Waals surface area contributed by atoms with Crippen molar-refractivity contribution in [2.24, 2.45) is 0 Å². The van der Waals surface area contributed by atoms with Gasteiger partial charge < -0.3 is 9.73 Å². The van der Waals surface area contributed by atoms with E-state index < -0.39 is 0 Å². The number of thioether (sulfide) groups is 1. The van der Waals surface area contributed by atoms with E-state index in [4.69, 9.17) is 4.42 Å². The van der Waals surface area contributed by atoms with Crippen molar-refractivity contribution in [2.45, 2.75) is 19.2 Å². The lowest BCUT2D eigenvalue weighted by Gasteiger charge is -1.96. The van der Waals surface area contributed by atoms with Crippen LogP contribution in [0.15, 0.2) is 9.80 Å². The van der Waals surface area contributed by atoms with Gasteiger partial charge in [-0.2, -0.15) is 11.8 Å². The Bertz CT molecular complexity index is 454. The van der Waals surface area contributed by atoms with E-state index in [1.807, 2.05) is 5.38 Å². The molecule has 86 valence electrons. The summed E-state index contributed by atoms with van der Waals surface area (Å²) in [6.45, 7) is 2.38. The van der Waals surface area contributed by atoms with Crippen LogP contribution in [0, 0.1) is 6.92 Å². The van der Waals surface area contributed by atoms with Crippen molar-refractivity contribution in [2.75, 3.05) is 11.6 Å². The molecule has 7 heteroatoms. The van der Waals surface area contributed by atoms with Gasteiger partial charge in [0.1, 0.15) is 5.01 Å². The van der Waals surface area contributed by atoms with Crippen molar-refractivity contribution in [3.63, 3.8) is 0 Å². The Labute approximate surface area is 102 Å². The third kappa shape index (κ3) is 2.96. The van der Waals surface area contributed by atoms with Gasteiger partial charge in [-0.1, -0.05) is 5.10 Å². The average Bonchev–Trinajstić information content (AvgIpc) is 2.85. The Kier molecular flexibility index (Phi) is 3.79. The smallest absolute Gasteiger partial charge is 0.315 e. The van der Waals surface area contributed by atoms with Gasteiger partial charge in [-0.3, -0.25) is 0 Å². The van der Waals surface area contributed by atoms with Crippen molar-refractivity contribution in [1.82, 2.24) is 15.2 Å². The zero-order valence-electron chi connectivity index (χ0n) is 9.06. The van der Waals surface area contributed by atoms with E-state index in [1.54, 1.807) is 30.0 Å². The first kappa shape index (κ1) is 11.4. The number of aryl methyl sites for hydroxylation is 1. The Balaban J connectivity index is 1.89. The number of aromatic nitrogens is 3. The standard InChI is InChI=1S/C9H12N4OS2/c1-6-12-13-9(14-6)10-3-7-4-16-8(11-7)5-15-2/h4H,3,5H2,1-2H3,(H,10,13). The molecule has 0 fully saturated rings. The summed E-state index contributed by atoms with van der Waals surface area (Å²) in [7, 11) is 0. The van der Waals surface area contributed by atoms with Gasteiger partial charge in [0, 0.05) is 18.1 Å². The first-order valence-electron chi connectivity index (χ1n) is 4.74. The molecule has 0 bridgehead atoms. The summed E-state index contributed by atoms with van der Waals surface area (Å²) >= 11 is 3.45. The molecule has 1 N–H and O–H groups in total. The molecule has 0 aliphatic carbocycles. The molecule has 2 aromatic heterocycles. The summed E-state index contributed by atoms with van der Waals surface area (Å²) < 4.78 is 5.20. The summed E-state index contributed by atoms with van der Waals surface area (Å²) in [5.74, 6) is 1.52. The van der Waals surface area contributed by atoms with Gasteiger partial charge in [0.25, 0.3) is 0 Å². The number of rotatable bonds is 5. The second-order valence-electron chi connectivity index (χ2n) is 3.15. The molecule has 16 heavy (non-hydrogen) atoms. The Morgan fingerprint density at radius 3 is 3.06 bits per heavy atom. The van der Waals surface area contributed by atoms with Crippen molar-refractivity contribution >= 4 is 29.1 Å². The predicted molar refractivity (Wildman–Crippen MR) is 65.7 cm³/mol. The van der Waals surface area contributed by atoms with Crippen molar-refractivity contribution < 1.29 is 4.42 Å². The first-order valence-corrected chi connectivity index (χ1v) is 7.01. The van der Waals surface area contributed by atoms with Gasteiger partial charge >= 0.3 is 6.01 Å². The maximum absolute atomic E-state index is 5.20. The Hall–Kier alpha value is -1.08. The topological polar surface area (TPSA) is 63.8 Å². The fourth-order valence-corrected chi connectivity index (χ4v) is 2.67. The fourth-order valence-electron chi connectivity index (χ4n) is 1.15. The lowest BCUT2D eigenvalue weighted by Crippen LogP contribution is -2.00. The van der Waals surface area contributed by atoms with Crippen LogP contribution in [-0.4, -0.2) is 21.4 Å². The lowest BCUT2D eigenvalue weighted by atomic mass is 10.5. The third-order valence-electron chi connectivity index (χ3n) is 1.81. The second-order valence-corrected chi connectivity index (χ2v) is 4.95. The van der Waals surface area contributed by atoms with Gasteiger partial charge in [-0.25, -0.2) is 4.98 Å². The Morgan fingerprint density at radius 1 is 1.50 bits per heavy atom. The van der Waals surface area contributed by atoms with E-state index in [9.17, 15) is 0 Å². The molecular weight excluding hydrogens is 244 g/mol. The summed E-state index contributed by atoms with van der Waals surface area (Å²) in [6.07, 6.45) is 2.07. The van der Waals surface area contributed by atoms with Crippen LogP contribution in [0.5, 0.6) is 0 Å². The van der Waals surface area contributed by atoms with Gasteiger partial charge in [-0.05, 0) is 6.26 Å². The van der Waals surface area contributed by atoms with Gasteiger partial charge in [-0.15, -0.1) is 16.4 Å². The number of nitrogens with one attached hydrogen (secondary N) is 1. The minimum absolute atomic E-state index is 0.442. The van der Waals surface area contributed by atoms with Crippen LogP contribution in [0.2, 0.25) is 0 Å². The Morgan fingerprint density at radius 2 is 2.38 bits per heavy atom. The van der Waals surface area contributed by atoms with Crippen LogP contribution in [0.3, 0.4) is 0 Å². The molecule has 0 aromatic carbocycles. The predicted octanol–water partition coefficient (Wildman–Crippen LogP) is 2.31. The van der Waals surface area contributed by atoms with Gasteiger partial charge in [0.2, 0.25) is 5.89 Å². The van der Waals surface area contributed by atoms with Crippen LogP contribution in [-0.2, 0) is 12.3 Å². The van der Waals surface area contributed by atoms with E-state index >= 15 is 0 Å². The third-order valence-corrected chi connectivity index (χ3v) is 3.46. The first-order chi connectivity index (χ1) is 7.78. The molecule has 0 aliphatic heterocycles. The molecule has 0 aliphatic rings. The maximum atomic E-state index is 5.20. The maximum Gasteiger partial charge on any atom is 0.315 e. The molecule has 2 heterocycles. The van der Waals surface area contributed by atoms with Crippen molar-refractivity contribution in [3.8, 4) is 0 Å². The normalized spacial score (nSPS) is 10.6. The molecule has 0 unspecified atom stereocenters.